The van der Waals surface area contributed by atoms with Gasteiger partial charge in [-0.05, 0) is 23.8 Å². The minimum Gasteiger partial charge on any atom is -0.473 e. The summed E-state index contributed by atoms with van der Waals surface area (Å²) < 4.78 is 5.48. The summed E-state index contributed by atoms with van der Waals surface area (Å²) in [5, 5.41) is 0.435. The van der Waals surface area contributed by atoms with Crippen LogP contribution in [0.5, 0.6) is 5.88 Å². The number of hydrogen-bond donors (Lipinski definition) is 2. The summed E-state index contributed by atoms with van der Waals surface area (Å²) in [5.41, 5.74) is 13.4. The van der Waals surface area contributed by atoms with Gasteiger partial charge in [0.15, 0.2) is 0 Å². The number of anilines is 2. The first-order valence-electron chi connectivity index (χ1n) is 6.89. The number of nitrogens with two attached hydrogens (primary N) is 2. The van der Waals surface area contributed by atoms with Crippen molar-refractivity contribution in [3.8, 4) is 5.88 Å². The molecule has 118 valence electrons. The number of nitrogens with zero attached hydrogens (tertiary/aromatic N) is 2. The second-order valence-electron chi connectivity index (χ2n) is 4.61. The first-order valence-corrected chi connectivity index (χ1v) is 7.26. The topological polar surface area (TPSA) is 87.0 Å². The van der Waals surface area contributed by atoms with Crippen molar-refractivity contribution in [1.82, 2.24) is 9.97 Å². The molecular weight excluding hydrogens is 312 g/mol. The van der Waals surface area contributed by atoms with Gasteiger partial charge in [-0.3, -0.25) is 0 Å². The minimum atomic E-state index is 0.435. The van der Waals surface area contributed by atoms with Crippen molar-refractivity contribution in [2.75, 3.05) is 11.5 Å². The van der Waals surface area contributed by atoms with Gasteiger partial charge in [0, 0.05) is 29.8 Å². The number of aromatic nitrogens is 2. The van der Waals surface area contributed by atoms with Gasteiger partial charge in [0.1, 0.15) is 11.8 Å². The number of benzene rings is 1. The van der Waals surface area contributed by atoms with Crippen molar-refractivity contribution in [3.63, 3.8) is 0 Å². The number of ether oxygens (including phenoxy) is 1. The third-order valence-electron chi connectivity index (χ3n) is 2.74. The van der Waals surface area contributed by atoms with Gasteiger partial charge in [-0.15, -0.1) is 0 Å². The average Bonchev–Trinajstić information content (AvgIpc) is 2.54. The Morgan fingerprint density at radius 1 is 0.870 bits per heavy atom. The van der Waals surface area contributed by atoms with Crippen LogP contribution in [0.15, 0.2) is 67.0 Å². The SMILES string of the molecule is Nc1ccnc(Cl)c1.Nc1ccnc(OCc2ccccc2)c1. The zero-order valence-corrected chi connectivity index (χ0v) is 13.1. The van der Waals surface area contributed by atoms with Crippen LogP contribution in [-0.4, -0.2) is 9.97 Å². The van der Waals surface area contributed by atoms with Crippen molar-refractivity contribution in [2.45, 2.75) is 6.61 Å². The second kappa shape index (κ2) is 8.60. The molecule has 4 N–H and O–H groups in total. The number of pyridine rings is 2. The van der Waals surface area contributed by atoms with Crippen molar-refractivity contribution in [1.29, 1.82) is 0 Å². The summed E-state index contributed by atoms with van der Waals surface area (Å²) in [6.45, 7) is 0.511. The Kier molecular flexibility index (Phi) is 6.20. The molecule has 2 aromatic heterocycles. The predicted molar refractivity (Wildman–Crippen MR) is 93.1 cm³/mol. The third-order valence-corrected chi connectivity index (χ3v) is 2.95. The van der Waals surface area contributed by atoms with Gasteiger partial charge in [-0.2, -0.15) is 0 Å². The summed E-state index contributed by atoms with van der Waals surface area (Å²) in [7, 11) is 0. The third kappa shape index (κ3) is 6.23. The van der Waals surface area contributed by atoms with E-state index >= 15 is 0 Å². The molecule has 0 spiro atoms. The van der Waals surface area contributed by atoms with Gasteiger partial charge in [0.2, 0.25) is 5.88 Å². The van der Waals surface area contributed by atoms with E-state index in [2.05, 4.69) is 9.97 Å². The maximum Gasteiger partial charge on any atom is 0.215 e. The van der Waals surface area contributed by atoms with Gasteiger partial charge >= 0.3 is 0 Å². The van der Waals surface area contributed by atoms with Crippen LogP contribution in [0.1, 0.15) is 5.56 Å². The highest BCUT2D eigenvalue weighted by Crippen LogP contribution is 2.12. The van der Waals surface area contributed by atoms with Crippen LogP contribution in [-0.2, 0) is 6.61 Å². The van der Waals surface area contributed by atoms with E-state index in [0.29, 0.717) is 29.0 Å². The first kappa shape index (κ1) is 16.6. The molecule has 5 nitrogen and oxygen atoms in total. The van der Waals surface area contributed by atoms with Crippen LogP contribution in [0.3, 0.4) is 0 Å². The van der Waals surface area contributed by atoms with Crippen molar-refractivity contribution >= 4 is 23.0 Å². The molecule has 1 aromatic carbocycles. The lowest BCUT2D eigenvalue weighted by atomic mass is 10.2. The molecule has 0 radical (unpaired) electrons. The van der Waals surface area contributed by atoms with Crippen molar-refractivity contribution < 1.29 is 4.74 Å². The second-order valence-corrected chi connectivity index (χ2v) is 5.00. The zero-order chi connectivity index (χ0) is 16.5. The van der Waals surface area contributed by atoms with Crippen LogP contribution in [0.4, 0.5) is 11.4 Å². The molecule has 0 fully saturated rings. The molecule has 2 heterocycles. The van der Waals surface area contributed by atoms with E-state index in [4.69, 9.17) is 27.8 Å². The first-order chi connectivity index (χ1) is 11.1. The Balaban J connectivity index is 0.000000203. The Morgan fingerprint density at radius 2 is 1.52 bits per heavy atom. The number of rotatable bonds is 3. The molecule has 0 saturated carbocycles. The van der Waals surface area contributed by atoms with Gasteiger partial charge in [-0.1, -0.05) is 41.9 Å². The molecule has 0 unspecified atom stereocenters. The zero-order valence-electron chi connectivity index (χ0n) is 12.4. The summed E-state index contributed by atoms with van der Waals surface area (Å²) in [5.74, 6) is 0.554. The molecule has 23 heavy (non-hydrogen) atoms. The van der Waals surface area contributed by atoms with Crippen LogP contribution in [0, 0.1) is 0 Å². The van der Waals surface area contributed by atoms with Gasteiger partial charge in [-0.25, -0.2) is 9.97 Å². The highest BCUT2D eigenvalue weighted by atomic mass is 35.5. The largest absolute Gasteiger partial charge is 0.473 e. The number of halogens is 1. The van der Waals surface area contributed by atoms with E-state index in [1.807, 2.05) is 30.3 Å². The van der Waals surface area contributed by atoms with E-state index in [-0.39, 0.29) is 0 Å². The average molecular weight is 329 g/mol. The van der Waals surface area contributed by atoms with E-state index in [9.17, 15) is 0 Å². The molecule has 0 aliphatic rings. The maximum atomic E-state index is 5.61. The summed E-state index contributed by atoms with van der Waals surface area (Å²) in [6, 6.07) is 16.7. The van der Waals surface area contributed by atoms with E-state index in [1.165, 1.54) is 0 Å². The summed E-state index contributed by atoms with van der Waals surface area (Å²) in [6.07, 6.45) is 3.20. The quantitative estimate of drug-likeness (QED) is 0.718. The molecular formula is C17H17ClN4O. The molecule has 0 saturated heterocycles. The van der Waals surface area contributed by atoms with Crippen molar-refractivity contribution in [2.24, 2.45) is 0 Å². The van der Waals surface area contributed by atoms with Gasteiger partial charge in [0.25, 0.3) is 0 Å². The molecule has 3 rings (SSSR count). The molecule has 0 aliphatic carbocycles. The van der Waals surface area contributed by atoms with Crippen LogP contribution in [0.25, 0.3) is 0 Å². The monoisotopic (exact) mass is 328 g/mol. The highest BCUT2D eigenvalue weighted by molar-refractivity contribution is 6.29. The van der Waals surface area contributed by atoms with E-state index < -0.39 is 0 Å². The van der Waals surface area contributed by atoms with Gasteiger partial charge in [0.05, 0.1) is 0 Å². The molecule has 0 bridgehead atoms. The summed E-state index contributed by atoms with van der Waals surface area (Å²) in [4.78, 5) is 7.78. The lowest BCUT2D eigenvalue weighted by Crippen LogP contribution is -1.97. The lowest BCUT2D eigenvalue weighted by molar-refractivity contribution is 0.294. The smallest absolute Gasteiger partial charge is 0.215 e. The molecule has 0 atom stereocenters. The van der Waals surface area contributed by atoms with Gasteiger partial charge < -0.3 is 16.2 Å². The fraction of sp³-hybridized carbons (Fsp3) is 0.0588. The molecule has 0 amide bonds. The standard InChI is InChI=1S/C12H12N2O.C5H5ClN2/c13-11-6-7-14-12(8-11)15-9-10-4-2-1-3-5-10;6-5-3-4(7)1-2-8-5/h1-8H,9H2,(H2,13,14);1-3H,(H2,7,8). The van der Waals surface area contributed by atoms with Crippen LogP contribution >= 0.6 is 11.6 Å². The fourth-order valence-corrected chi connectivity index (χ4v) is 1.83. The Morgan fingerprint density at radius 3 is 2.09 bits per heavy atom. The molecule has 3 aromatic rings. The number of hydrogen-bond acceptors (Lipinski definition) is 5. The Labute approximate surface area is 139 Å². The van der Waals surface area contributed by atoms with Crippen LogP contribution in [0.2, 0.25) is 5.15 Å². The lowest BCUT2D eigenvalue weighted by Gasteiger charge is -2.05. The maximum absolute atomic E-state index is 5.61. The Hall–Kier alpha value is -2.79. The fourth-order valence-electron chi connectivity index (χ4n) is 1.65. The van der Waals surface area contributed by atoms with E-state index in [0.717, 1.165) is 5.56 Å². The molecule has 0 aliphatic heterocycles. The Bertz CT molecular complexity index is 720. The minimum absolute atomic E-state index is 0.435. The molecule has 6 heteroatoms. The summed E-state index contributed by atoms with van der Waals surface area (Å²) >= 11 is 5.45. The van der Waals surface area contributed by atoms with Crippen molar-refractivity contribution in [3.05, 3.63) is 77.7 Å². The van der Waals surface area contributed by atoms with E-state index in [1.54, 1.807) is 36.7 Å². The normalized spacial score (nSPS) is 9.61. The number of nitrogen functional groups attached to an aromatic ring is 2. The van der Waals surface area contributed by atoms with Crippen LogP contribution < -0.4 is 16.2 Å². The predicted octanol–water partition coefficient (Wildman–Crippen LogP) is 3.56. The highest BCUT2D eigenvalue weighted by Gasteiger charge is 1.96.